The molecule has 4 N–H and O–H groups in total. The summed E-state index contributed by atoms with van der Waals surface area (Å²) in [5, 5.41) is 4.70. The van der Waals surface area contributed by atoms with E-state index >= 15 is 0 Å². The molecule has 5 nitrogen and oxygen atoms in total. The standard InChI is InChI=1S/C5H11N3O2/c1-3(7-4(2)9)8-5(6)10/h3H,1-2H3,(H,7,9)(H3,6,8,10). The molecule has 3 amide bonds. The van der Waals surface area contributed by atoms with Crippen LogP contribution in [0.1, 0.15) is 13.8 Å². The SMILES string of the molecule is CC(=O)NC(C)NC(N)=O. The molecule has 1 atom stereocenters. The second kappa shape index (κ2) is 3.71. The Morgan fingerprint density at radius 3 is 2.20 bits per heavy atom. The fourth-order valence-electron chi connectivity index (χ4n) is 0.554. The number of hydrogen-bond donors (Lipinski definition) is 3. The summed E-state index contributed by atoms with van der Waals surface area (Å²) in [4.78, 5) is 20.5. The van der Waals surface area contributed by atoms with E-state index in [0.29, 0.717) is 0 Å². The molecule has 0 aromatic heterocycles. The van der Waals surface area contributed by atoms with E-state index < -0.39 is 12.2 Å². The van der Waals surface area contributed by atoms with Gasteiger partial charge in [0, 0.05) is 6.92 Å². The van der Waals surface area contributed by atoms with Gasteiger partial charge in [0.15, 0.2) is 0 Å². The van der Waals surface area contributed by atoms with Gasteiger partial charge in [0.25, 0.3) is 0 Å². The molecule has 0 aliphatic rings. The van der Waals surface area contributed by atoms with Crippen LogP contribution in [-0.4, -0.2) is 18.1 Å². The van der Waals surface area contributed by atoms with Crippen LogP contribution in [0.3, 0.4) is 0 Å². The molecule has 0 spiro atoms. The Labute approximate surface area is 59.0 Å². The first-order valence-electron chi connectivity index (χ1n) is 2.85. The number of carbonyl (C=O) groups excluding carboxylic acids is 2. The van der Waals surface area contributed by atoms with Gasteiger partial charge in [0.1, 0.15) is 0 Å². The lowest BCUT2D eigenvalue weighted by Gasteiger charge is -2.11. The molecule has 0 aliphatic carbocycles. The topological polar surface area (TPSA) is 84.2 Å². The summed E-state index contributed by atoms with van der Waals surface area (Å²) >= 11 is 0. The van der Waals surface area contributed by atoms with Crippen molar-refractivity contribution in [3.8, 4) is 0 Å². The van der Waals surface area contributed by atoms with Gasteiger partial charge in [0.05, 0.1) is 6.17 Å². The van der Waals surface area contributed by atoms with Gasteiger partial charge in [0.2, 0.25) is 5.91 Å². The molecule has 0 heterocycles. The third kappa shape index (κ3) is 4.89. The quantitative estimate of drug-likeness (QED) is 0.441. The van der Waals surface area contributed by atoms with E-state index in [1.165, 1.54) is 6.92 Å². The fourth-order valence-corrected chi connectivity index (χ4v) is 0.554. The van der Waals surface area contributed by atoms with Crippen LogP contribution in [-0.2, 0) is 4.79 Å². The first kappa shape index (κ1) is 8.74. The minimum atomic E-state index is -0.652. The number of amides is 3. The molecular formula is C5H11N3O2. The average Bonchev–Trinajstić information content (AvgIpc) is 1.58. The minimum absolute atomic E-state index is 0.207. The molecule has 0 bridgehead atoms. The van der Waals surface area contributed by atoms with Crippen LogP contribution >= 0.6 is 0 Å². The van der Waals surface area contributed by atoms with Crippen molar-refractivity contribution in [2.45, 2.75) is 20.0 Å². The zero-order valence-corrected chi connectivity index (χ0v) is 5.97. The van der Waals surface area contributed by atoms with Crippen molar-refractivity contribution in [2.75, 3.05) is 0 Å². The van der Waals surface area contributed by atoms with E-state index in [2.05, 4.69) is 10.6 Å². The van der Waals surface area contributed by atoms with Gasteiger partial charge in [-0.1, -0.05) is 0 Å². The minimum Gasteiger partial charge on any atom is -0.352 e. The summed E-state index contributed by atoms with van der Waals surface area (Å²) in [6, 6.07) is -0.652. The normalized spacial score (nSPS) is 11.8. The lowest BCUT2D eigenvalue weighted by molar-refractivity contribution is -0.119. The highest BCUT2D eigenvalue weighted by Gasteiger charge is 2.02. The van der Waals surface area contributed by atoms with Crippen LogP contribution in [0, 0.1) is 0 Å². The Bertz CT molecular complexity index is 130. The van der Waals surface area contributed by atoms with Gasteiger partial charge < -0.3 is 16.4 Å². The predicted molar refractivity (Wildman–Crippen MR) is 36.0 cm³/mol. The van der Waals surface area contributed by atoms with Gasteiger partial charge in [-0.25, -0.2) is 4.79 Å². The van der Waals surface area contributed by atoms with Crippen molar-refractivity contribution in [1.82, 2.24) is 10.6 Å². The van der Waals surface area contributed by atoms with Crippen LogP contribution in [0.4, 0.5) is 4.79 Å². The number of primary amides is 1. The number of nitrogens with one attached hydrogen (secondary N) is 2. The maximum absolute atomic E-state index is 10.3. The Morgan fingerprint density at radius 2 is 1.90 bits per heavy atom. The van der Waals surface area contributed by atoms with E-state index in [-0.39, 0.29) is 5.91 Å². The van der Waals surface area contributed by atoms with Crippen molar-refractivity contribution in [3.05, 3.63) is 0 Å². The summed E-state index contributed by atoms with van der Waals surface area (Å²) in [6.45, 7) is 2.98. The molecule has 58 valence electrons. The van der Waals surface area contributed by atoms with Gasteiger partial charge >= 0.3 is 6.03 Å². The van der Waals surface area contributed by atoms with Crippen molar-refractivity contribution in [2.24, 2.45) is 5.73 Å². The molecular weight excluding hydrogens is 134 g/mol. The van der Waals surface area contributed by atoms with E-state index in [4.69, 9.17) is 5.73 Å². The molecule has 0 aromatic rings. The second-order valence-corrected chi connectivity index (χ2v) is 1.93. The molecule has 0 rings (SSSR count). The highest BCUT2D eigenvalue weighted by atomic mass is 16.2. The lowest BCUT2D eigenvalue weighted by atomic mass is 10.5. The zero-order chi connectivity index (χ0) is 8.15. The van der Waals surface area contributed by atoms with Crippen LogP contribution < -0.4 is 16.4 Å². The number of nitrogens with two attached hydrogens (primary N) is 1. The highest BCUT2D eigenvalue weighted by molar-refractivity contribution is 5.75. The first-order valence-corrected chi connectivity index (χ1v) is 2.85. The Hall–Kier alpha value is -1.26. The van der Waals surface area contributed by atoms with E-state index in [9.17, 15) is 9.59 Å². The highest BCUT2D eigenvalue weighted by Crippen LogP contribution is 1.72. The molecule has 5 heteroatoms. The maximum atomic E-state index is 10.3. The molecule has 0 aliphatic heterocycles. The Balaban J connectivity index is 3.53. The number of urea groups is 1. The van der Waals surface area contributed by atoms with Crippen LogP contribution in [0.2, 0.25) is 0 Å². The fraction of sp³-hybridized carbons (Fsp3) is 0.600. The summed E-state index contributed by atoms with van der Waals surface area (Å²) in [5.74, 6) is -0.207. The summed E-state index contributed by atoms with van der Waals surface area (Å²) in [6.07, 6.45) is -0.407. The summed E-state index contributed by atoms with van der Waals surface area (Å²) in [7, 11) is 0. The van der Waals surface area contributed by atoms with Gasteiger partial charge in [-0.2, -0.15) is 0 Å². The van der Waals surface area contributed by atoms with Gasteiger partial charge in [-0.15, -0.1) is 0 Å². The van der Waals surface area contributed by atoms with Crippen molar-refractivity contribution < 1.29 is 9.59 Å². The van der Waals surface area contributed by atoms with Crippen molar-refractivity contribution in [3.63, 3.8) is 0 Å². The zero-order valence-electron chi connectivity index (χ0n) is 5.97. The Morgan fingerprint density at radius 1 is 1.40 bits per heavy atom. The molecule has 0 fully saturated rings. The van der Waals surface area contributed by atoms with Crippen LogP contribution in [0.5, 0.6) is 0 Å². The molecule has 1 unspecified atom stereocenters. The molecule has 0 radical (unpaired) electrons. The van der Waals surface area contributed by atoms with Crippen molar-refractivity contribution >= 4 is 11.9 Å². The molecule has 0 aromatic carbocycles. The number of carbonyl (C=O) groups is 2. The Kier molecular flexibility index (Phi) is 3.24. The summed E-state index contributed by atoms with van der Waals surface area (Å²) < 4.78 is 0. The van der Waals surface area contributed by atoms with E-state index in [0.717, 1.165) is 0 Å². The number of hydrogen-bond acceptors (Lipinski definition) is 2. The van der Waals surface area contributed by atoms with E-state index in [1.807, 2.05) is 0 Å². The average molecular weight is 145 g/mol. The predicted octanol–water partition coefficient (Wildman–Crippen LogP) is -0.863. The molecule has 0 saturated heterocycles. The smallest absolute Gasteiger partial charge is 0.313 e. The second-order valence-electron chi connectivity index (χ2n) is 1.93. The van der Waals surface area contributed by atoms with Crippen LogP contribution in [0.15, 0.2) is 0 Å². The number of rotatable bonds is 2. The van der Waals surface area contributed by atoms with Crippen LogP contribution in [0.25, 0.3) is 0 Å². The third-order valence-corrected chi connectivity index (χ3v) is 0.779. The first-order chi connectivity index (χ1) is 4.52. The largest absolute Gasteiger partial charge is 0.352 e. The van der Waals surface area contributed by atoms with Gasteiger partial charge in [-0.05, 0) is 6.92 Å². The third-order valence-electron chi connectivity index (χ3n) is 0.779. The maximum Gasteiger partial charge on any atom is 0.313 e. The van der Waals surface area contributed by atoms with Gasteiger partial charge in [-0.3, -0.25) is 4.79 Å². The molecule has 10 heavy (non-hydrogen) atoms. The monoisotopic (exact) mass is 145 g/mol. The van der Waals surface area contributed by atoms with Crippen molar-refractivity contribution in [1.29, 1.82) is 0 Å². The molecule has 0 saturated carbocycles. The lowest BCUT2D eigenvalue weighted by Crippen LogP contribution is -2.47. The van der Waals surface area contributed by atoms with E-state index in [1.54, 1.807) is 6.92 Å². The summed E-state index contributed by atoms with van der Waals surface area (Å²) in [5.41, 5.74) is 4.77.